The number of anilines is 1. The number of esters is 1. The number of ether oxygens (including phenoxy) is 1. The van der Waals surface area contributed by atoms with Crippen LogP contribution in [-0.4, -0.2) is 30.4 Å². The number of nitrogens with one attached hydrogen (secondary N) is 2. The monoisotopic (exact) mass is 332 g/mol. The van der Waals surface area contributed by atoms with Gasteiger partial charge in [0.05, 0.1) is 7.11 Å². The van der Waals surface area contributed by atoms with Crippen molar-refractivity contribution in [2.45, 2.75) is 39.2 Å². The fourth-order valence-corrected chi connectivity index (χ4v) is 2.49. The molecule has 3 unspecified atom stereocenters. The lowest BCUT2D eigenvalue weighted by molar-refractivity contribution is -0.147. The molecule has 24 heavy (non-hydrogen) atoms. The van der Waals surface area contributed by atoms with Crippen LogP contribution in [0.4, 0.5) is 5.69 Å². The Morgan fingerprint density at radius 1 is 1.33 bits per heavy atom. The Morgan fingerprint density at radius 2 is 2.00 bits per heavy atom. The molecule has 1 aliphatic rings. The second-order valence-electron chi connectivity index (χ2n) is 6.52. The van der Waals surface area contributed by atoms with Crippen molar-refractivity contribution in [1.29, 1.82) is 0 Å². The molecule has 0 bridgehead atoms. The molecule has 0 radical (unpaired) electrons. The Kier molecular flexibility index (Phi) is 5.26. The maximum absolute atomic E-state index is 12.4. The van der Waals surface area contributed by atoms with Crippen LogP contribution in [0, 0.1) is 11.8 Å². The summed E-state index contributed by atoms with van der Waals surface area (Å²) >= 11 is 0. The number of methoxy groups -OCH3 is 1. The first kappa shape index (κ1) is 18.0. The van der Waals surface area contributed by atoms with Crippen molar-refractivity contribution in [2.75, 3.05) is 12.4 Å². The highest BCUT2D eigenvalue weighted by atomic mass is 16.5. The molecule has 2 N–H and O–H groups in total. The summed E-state index contributed by atoms with van der Waals surface area (Å²) in [6.45, 7) is 5.45. The summed E-state index contributed by atoms with van der Waals surface area (Å²) in [4.78, 5) is 36.3. The largest absolute Gasteiger partial charge is 0.467 e. The molecule has 0 heterocycles. The van der Waals surface area contributed by atoms with Gasteiger partial charge in [-0.05, 0) is 43.9 Å². The summed E-state index contributed by atoms with van der Waals surface area (Å²) in [6.07, 6.45) is 1.31. The second kappa shape index (κ2) is 7.03. The van der Waals surface area contributed by atoms with Crippen molar-refractivity contribution in [2.24, 2.45) is 11.8 Å². The van der Waals surface area contributed by atoms with Gasteiger partial charge in [-0.2, -0.15) is 0 Å². The van der Waals surface area contributed by atoms with E-state index in [1.165, 1.54) is 7.11 Å². The highest BCUT2D eigenvalue weighted by molar-refractivity contribution is 6.00. The third-order valence-electron chi connectivity index (χ3n) is 4.57. The van der Waals surface area contributed by atoms with E-state index in [-0.39, 0.29) is 17.7 Å². The van der Waals surface area contributed by atoms with Crippen LogP contribution >= 0.6 is 0 Å². The van der Waals surface area contributed by atoms with E-state index >= 15 is 0 Å². The lowest BCUT2D eigenvalue weighted by Gasteiger charge is -2.26. The molecule has 0 spiro atoms. The lowest BCUT2D eigenvalue weighted by Crippen LogP contribution is -2.52. The molecule has 0 aromatic heterocycles. The standard InChI is InChI=1S/C18H24N2O4/c1-5-18(3,17(23)24-4)20-15(21)12-7-6-8-13(10-12)19-16(22)14-9-11(14)2/h6-8,10-11,14H,5,9H2,1-4H3,(H,19,22)(H,20,21). The fourth-order valence-electron chi connectivity index (χ4n) is 2.49. The number of carbonyl (C=O) groups excluding carboxylic acids is 3. The highest BCUT2D eigenvalue weighted by Gasteiger charge is 2.39. The maximum atomic E-state index is 12.4. The molecule has 0 aliphatic heterocycles. The van der Waals surface area contributed by atoms with Crippen molar-refractivity contribution in [3.8, 4) is 0 Å². The molecule has 1 fully saturated rings. The van der Waals surface area contributed by atoms with Crippen molar-refractivity contribution in [1.82, 2.24) is 5.32 Å². The van der Waals surface area contributed by atoms with E-state index in [0.29, 0.717) is 23.6 Å². The van der Waals surface area contributed by atoms with E-state index in [1.54, 1.807) is 38.1 Å². The first-order valence-electron chi connectivity index (χ1n) is 8.12. The molecule has 0 saturated heterocycles. The van der Waals surface area contributed by atoms with Gasteiger partial charge in [0.15, 0.2) is 0 Å². The van der Waals surface area contributed by atoms with Gasteiger partial charge in [0, 0.05) is 17.2 Å². The molecule has 1 saturated carbocycles. The molecular weight excluding hydrogens is 308 g/mol. The quantitative estimate of drug-likeness (QED) is 0.783. The molecule has 2 rings (SSSR count). The first-order valence-corrected chi connectivity index (χ1v) is 8.12. The Labute approximate surface area is 142 Å². The maximum Gasteiger partial charge on any atom is 0.331 e. The van der Waals surface area contributed by atoms with E-state index in [0.717, 1.165) is 6.42 Å². The third kappa shape index (κ3) is 3.93. The van der Waals surface area contributed by atoms with E-state index in [9.17, 15) is 14.4 Å². The van der Waals surface area contributed by atoms with Gasteiger partial charge in [0.25, 0.3) is 5.91 Å². The number of amides is 2. The normalized spacial score (nSPS) is 21.3. The zero-order valence-electron chi connectivity index (χ0n) is 14.5. The predicted molar refractivity (Wildman–Crippen MR) is 90.5 cm³/mol. The van der Waals surface area contributed by atoms with Crippen LogP contribution in [0.1, 0.15) is 44.0 Å². The molecule has 2 amide bonds. The predicted octanol–water partition coefficient (Wildman–Crippen LogP) is 2.35. The molecule has 3 atom stereocenters. The summed E-state index contributed by atoms with van der Waals surface area (Å²) < 4.78 is 4.75. The topological polar surface area (TPSA) is 84.5 Å². The van der Waals surface area contributed by atoms with Gasteiger partial charge in [-0.25, -0.2) is 4.79 Å². The van der Waals surface area contributed by atoms with E-state index in [4.69, 9.17) is 4.74 Å². The number of carbonyl (C=O) groups is 3. The zero-order valence-corrected chi connectivity index (χ0v) is 14.5. The van der Waals surface area contributed by atoms with Crippen LogP contribution in [0.3, 0.4) is 0 Å². The molecule has 6 heteroatoms. The Morgan fingerprint density at radius 3 is 2.54 bits per heavy atom. The van der Waals surface area contributed by atoms with Crippen molar-refractivity contribution >= 4 is 23.5 Å². The summed E-state index contributed by atoms with van der Waals surface area (Å²) in [7, 11) is 1.29. The van der Waals surface area contributed by atoms with E-state index in [2.05, 4.69) is 10.6 Å². The second-order valence-corrected chi connectivity index (χ2v) is 6.52. The van der Waals surface area contributed by atoms with Crippen LogP contribution in [0.25, 0.3) is 0 Å². The van der Waals surface area contributed by atoms with Crippen LogP contribution in [-0.2, 0) is 14.3 Å². The van der Waals surface area contributed by atoms with Gasteiger partial charge in [-0.15, -0.1) is 0 Å². The van der Waals surface area contributed by atoms with Crippen LogP contribution in [0.15, 0.2) is 24.3 Å². The average Bonchev–Trinajstić information content (AvgIpc) is 3.31. The van der Waals surface area contributed by atoms with Crippen LogP contribution < -0.4 is 10.6 Å². The summed E-state index contributed by atoms with van der Waals surface area (Å²) in [5, 5.41) is 5.54. The number of hydrogen-bond acceptors (Lipinski definition) is 4. The molecule has 130 valence electrons. The summed E-state index contributed by atoms with van der Waals surface area (Å²) in [5.74, 6) is -0.425. The lowest BCUT2D eigenvalue weighted by atomic mass is 9.98. The molecule has 1 aromatic carbocycles. The number of rotatable bonds is 6. The minimum Gasteiger partial charge on any atom is -0.467 e. The van der Waals surface area contributed by atoms with Gasteiger partial charge < -0.3 is 15.4 Å². The fraction of sp³-hybridized carbons (Fsp3) is 0.500. The van der Waals surface area contributed by atoms with Crippen molar-refractivity contribution in [3.63, 3.8) is 0 Å². The smallest absolute Gasteiger partial charge is 0.331 e. The van der Waals surface area contributed by atoms with Crippen LogP contribution in [0.2, 0.25) is 0 Å². The van der Waals surface area contributed by atoms with Gasteiger partial charge >= 0.3 is 5.97 Å². The number of hydrogen-bond donors (Lipinski definition) is 2. The van der Waals surface area contributed by atoms with Gasteiger partial charge in [0.1, 0.15) is 5.54 Å². The SMILES string of the molecule is CCC(C)(NC(=O)c1cccc(NC(=O)C2CC2C)c1)C(=O)OC. The minimum absolute atomic E-state index is 0.0204. The van der Waals surface area contributed by atoms with Gasteiger partial charge in [-0.1, -0.05) is 19.9 Å². The molecular formula is C18H24N2O4. The Balaban J connectivity index is 2.08. The van der Waals surface area contributed by atoms with E-state index in [1.807, 2.05) is 6.92 Å². The Hall–Kier alpha value is -2.37. The third-order valence-corrected chi connectivity index (χ3v) is 4.57. The van der Waals surface area contributed by atoms with Gasteiger partial charge in [-0.3, -0.25) is 9.59 Å². The summed E-state index contributed by atoms with van der Waals surface area (Å²) in [5.41, 5.74) is -0.141. The highest BCUT2D eigenvalue weighted by Crippen LogP contribution is 2.38. The van der Waals surface area contributed by atoms with Crippen LogP contribution in [0.5, 0.6) is 0 Å². The van der Waals surface area contributed by atoms with Crippen molar-refractivity contribution in [3.05, 3.63) is 29.8 Å². The Bertz CT molecular complexity index is 658. The molecule has 1 aliphatic carbocycles. The number of benzene rings is 1. The average molecular weight is 332 g/mol. The van der Waals surface area contributed by atoms with E-state index < -0.39 is 11.5 Å². The van der Waals surface area contributed by atoms with Crippen molar-refractivity contribution < 1.29 is 19.1 Å². The van der Waals surface area contributed by atoms with Gasteiger partial charge in [0.2, 0.25) is 5.91 Å². The summed E-state index contributed by atoms with van der Waals surface area (Å²) in [6, 6.07) is 6.68. The molecule has 1 aromatic rings. The minimum atomic E-state index is -1.09. The molecule has 6 nitrogen and oxygen atoms in total. The zero-order chi connectivity index (χ0) is 17.9. The first-order chi connectivity index (χ1) is 11.3.